The summed E-state index contributed by atoms with van der Waals surface area (Å²) in [4.78, 5) is 12.2. The summed E-state index contributed by atoms with van der Waals surface area (Å²) < 4.78 is 13.3. The van der Waals surface area contributed by atoms with Gasteiger partial charge < -0.3 is 38.8 Å². The van der Waals surface area contributed by atoms with E-state index >= 15 is 0 Å². The van der Waals surface area contributed by atoms with Crippen LogP contribution in [0.15, 0.2) is 42.7 Å². The molecule has 6 heteroatoms. The number of hydrogen-bond donors (Lipinski definition) is 1. The van der Waals surface area contributed by atoms with E-state index in [1.54, 1.807) is 0 Å². The molecular formula is C19H15IN2O3. The lowest BCUT2D eigenvalue weighted by Gasteiger charge is -2.13. The summed E-state index contributed by atoms with van der Waals surface area (Å²) in [5, 5.41) is 4.93. The molecule has 0 spiro atoms. The number of nitrogens with one attached hydrogen (secondary N) is 1. The highest BCUT2D eigenvalue weighted by molar-refractivity contribution is 6.11. The molecule has 5 rings (SSSR count). The molecule has 0 saturated heterocycles. The maximum atomic E-state index is 12.2. The van der Waals surface area contributed by atoms with Crippen molar-refractivity contribution >= 4 is 16.7 Å². The molecule has 0 radical (unpaired) electrons. The molecule has 0 unspecified atom stereocenters. The van der Waals surface area contributed by atoms with Crippen molar-refractivity contribution < 1.29 is 42.8 Å². The van der Waals surface area contributed by atoms with E-state index in [2.05, 4.69) is 17.4 Å². The molecule has 2 aliphatic heterocycles. The van der Waals surface area contributed by atoms with Gasteiger partial charge in [-0.25, -0.2) is 4.57 Å². The first-order valence-electron chi connectivity index (χ1n) is 7.84. The average Bonchev–Trinajstić information content (AvgIpc) is 3.21. The molecule has 3 aromatic rings. The van der Waals surface area contributed by atoms with Gasteiger partial charge in [0.2, 0.25) is 6.79 Å². The highest BCUT2D eigenvalue weighted by Gasteiger charge is 2.28. The van der Waals surface area contributed by atoms with Crippen LogP contribution in [0.5, 0.6) is 11.5 Å². The van der Waals surface area contributed by atoms with E-state index < -0.39 is 0 Å². The number of aryl methyl sites for hydroxylation is 1. The van der Waals surface area contributed by atoms with Crippen LogP contribution in [0, 0.1) is 0 Å². The zero-order valence-electron chi connectivity index (χ0n) is 13.5. The topological polar surface area (TPSA) is 51.4 Å². The van der Waals surface area contributed by atoms with Crippen molar-refractivity contribution in [1.29, 1.82) is 0 Å². The maximum absolute atomic E-state index is 12.2. The first kappa shape index (κ1) is 16.1. The van der Waals surface area contributed by atoms with Crippen LogP contribution < -0.4 is 43.3 Å². The zero-order chi connectivity index (χ0) is 16.3. The number of carbonyl (C=O) groups excluding carboxylic acids is 1. The number of nitrogens with zero attached hydrogens (tertiary/aromatic N) is 1. The van der Waals surface area contributed by atoms with Gasteiger partial charge in [-0.2, -0.15) is 0 Å². The van der Waals surface area contributed by atoms with E-state index in [0.717, 1.165) is 44.5 Å². The number of carbonyl (C=O) groups is 1. The molecule has 2 aromatic carbocycles. The number of amides is 1. The molecule has 5 nitrogen and oxygen atoms in total. The Morgan fingerprint density at radius 2 is 1.92 bits per heavy atom. The summed E-state index contributed by atoms with van der Waals surface area (Å²) in [5.74, 6) is 1.49. The summed E-state index contributed by atoms with van der Waals surface area (Å²) in [6.07, 6.45) is 4.01. The fourth-order valence-electron chi connectivity index (χ4n) is 3.53. The molecule has 1 aromatic heterocycles. The lowest BCUT2D eigenvalue weighted by Crippen LogP contribution is -3.00. The van der Waals surface area contributed by atoms with Crippen molar-refractivity contribution in [2.75, 3.05) is 6.79 Å². The molecule has 0 bridgehead atoms. The molecular weight excluding hydrogens is 431 g/mol. The van der Waals surface area contributed by atoms with Gasteiger partial charge in [0.1, 0.15) is 7.05 Å². The van der Waals surface area contributed by atoms with Crippen LogP contribution in [-0.4, -0.2) is 12.7 Å². The Balaban J connectivity index is 0.00000157. The van der Waals surface area contributed by atoms with Gasteiger partial charge in [-0.15, -0.1) is 0 Å². The number of benzene rings is 2. The number of hydrogen-bond acceptors (Lipinski definition) is 3. The quantitative estimate of drug-likeness (QED) is 0.398. The van der Waals surface area contributed by atoms with Crippen LogP contribution in [0.25, 0.3) is 21.9 Å². The standard InChI is InChI=1S/C19H14N2O3.HI/c1-21-6-4-11(5-7-21)16-14-9-20-19(22)13(14)8-12-2-3-15-18(17(12)16)24-10-23-15;/h2-8H,9-10H2,1H3;1H. The van der Waals surface area contributed by atoms with E-state index in [1.165, 1.54) is 0 Å². The fraction of sp³-hybridized carbons (Fsp3) is 0.158. The average molecular weight is 446 g/mol. The summed E-state index contributed by atoms with van der Waals surface area (Å²) in [6, 6.07) is 9.96. The van der Waals surface area contributed by atoms with E-state index in [0.29, 0.717) is 6.54 Å². The summed E-state index contributed by atoms with van der Waals surface area (Å²) in [6.45, 7) is 0.761. The number of halogens is 1. The van der Waals surface area contributed by atoms with Crippen LogP contribution in [0.1, 0.15) is 15.9 Å². The molecule has 126 valence electrons. The second kappa shape index (κ2) is 5.87. The molecule has 1 N–H and O–H groups in total. The van der Waals surface area contributed by atoms with E-state index in [9.17, 15) is 4.79 Å². The maximum Gasteiger partial charge on any atom is 0.251 e. The van der Waals surface area contributed by atoms with Gasteiger partial charge in [0.15, 0.2) is 23.9 Å². The Hall–Kier alpha value is -2.35. The Kier molecular flexibility index (Phi) is 3.79. The lowest BCUT2D eigenvalue weighted by molar-refractivity contribution is -0.671. The zero-order valence-corrected chi connectivity index (χ0v) is 15.7. The highest BCUT2D eigenvalue weighted by atomic mass is 127. The largest absolute Gasteiger partial charge is 1.00 e. The fourth-order valence-corrected chi connectivity index (χ4v) is 3.53. The molecule has 3 heterocycles. The minimum atomic E-state index is -0.0210. The summed E-state index contributed by atoms with van der Waals surface area (Å²) in [5.41, 5.74) is 3.87. The van der Waals surface area contributed by atoms with Crippen molar-refractivity contribution in [1.82, 2.24) is 5.32 Å². The smallest absolute Gasteiger partial charge is 0.251 e. The Labute approximate surface area is 161 Å². The third-order valence-corrected chi connectivity index (χ3v) is 4.69. The lowest BCUT2D eigenvalue weighted by atomic mass is 9.90. The number of rotatable bonds is 1. The van der Waals surface area contributed by atoms with E-state index in [4.69, 9.17) is 9.47 Å². The van der Waals surface area contributed by atoms with E-state index in [-0.39, 0.29) is 36.7 Å². The van der Waals surface area contributed by atoms with Gasteiger partial charge in [-0.3, -0.25) is 4.79 Å². The molecule has 0 aliphatic carbocycles. The molecule has 2 aliphatic rings. The SMILES string of the molecule is C[n+]1ccc(-c2c3c(cc4ccc5c(c24)OCO5)C(=O)NC3)cc1.[I-]. The molecule has 1 amide bonds. The number of ether oxygens (including phenoxy) is 2. The number of aromatic nitrogens is 1. The predicted molar refractivity (Wildman–Crippen MR) is 87.9 cm³/mol. The minimum absolute atomic E-state index is 0. The van der Waals surface area contributed by atoms with Gasteiger partial charge in [0.05, 0.1) is 0 Å². The highest BCUT2D eigenvalue weighted by Crippen LogP contribution is 2.46. The normalized spacial score (nSPS) is 14.2. The van der Waals surface area contributed by atoms with Crippen LogP contribution in [0.2, 0.25) is 0 Å². The molecule has 0 fully saturated rings. The third kappa shape index (κ3) is 2.35. The predicted octanol–water partition coefficient (Wildman–Crippen LogP) is -0.693. The summed E-state index contributed by atoms with van der Waals surface area (Å²) >= 11 is 0. The van der Waals surface area contributed by atoms with Crippen molar-refractivity contribution in [2.45, 2.75) is 6.54 Å². The summed E-state index contributed by atoms with van der Waals surface area (Å²) in [7, 11) is 1.98. The minimum Gasteiger partial charge on any atom is -1.00 e. The van der Waals surface area contributed by atoms with Crippen molar-refractivity contribution in [3.05, 3.63) is 53.9 Å². The first-order chi connectivity index (χ1) is 11.7. The molecule has 0 atom stereocenters. The number of pyridine rings is 1. The van der Waals surface area contributed by atoms with Crippen LogP contribution >= 0.6 is 0 Å². The van der Waals surface area contributed by atoms with Gasteiger partial charge in [-0.1, -0.05) is 6.07 Å². The van der Waals surface area contributed by atoms with Crippen LogP contribution in [0.3, 0.4) is 0 Å². The van der Waals surface area contributed by atoms with Crippen molar-refractivity contribution in [3.63, 3.8) is 0 Å². The first-order valence-corrected chi connectivity index (χ1v) is 7.84. The Bertz CT molecular complexity index is 1020. The molecule has 0 saturated carbocycles. The molecule has 25 heavy (non-hydrogen) atoms. The monoisotopic (exact) mass is 446 g/mol. The third-order valence-electron chi connectivity index (χ3n) is 4.69. The Morgan fingerprint density at radius 3 is 2.72 bits per heavy atom. The van der Waals surface area contributed by atoms with E-state index in [1.807, 2.05) is 42.2 Å². The van der Waals surface area contributed by atoms with Crippen molar-refractivity contribution in [2.24, 2.45) is 7.05 Å². The van der Waals surface area contributed by atoms with Gasteiger partial charge in [0, 0.05) is 29.6 Å². The van der Waals surface area contributed by atoms with Crippen LogP contribution in [0.4, 0.5) is 0 Å². The van der Waals surface area contributed by atoms with Crippen molar-refractivity contribution in [3.8, 4) is 22.6 Å². The second-order valence-electron chi connectivity index (χ2n) is 6.11. The Morgan fingerprint density at radius 1 is 1.12 bits per heavy atom. The van der Waals surface area contributed by atoms with Gasteiger partial charge >= 0.3 is 0 Å². The van der Waals surface area contributed by atoms with Crippen LogP contribution in [-0.2, 0) is 13.6 Å². The number of fused-ring (bicyclic) bond motifs is 4. The van der Waals surface area contributed by atoms with Gasteiger partial charge in [0.25, 0.3) is 5.91 Å². The second-order valence-corrected chi connectivity index (χ2v) is 6.11. The van der Waals surface area contributed by atoms with Gasteiger partial charge in [-0.05, 0) is 34.2 Å².